The Balaban J connectivity index is 1.72. The van der Waals surface area contributed by atoms with Crippen LogP contribution in [0.5, 0.6) is 0 Å². The zero-order chi connectivity index (χ0) is 12.5. The van der Waals surface area contributed by atoms with Crippen molar-refractivity contribution in [3.63, 3.8) is 0 Å². The Bertz CT molecular complexity index is 292. The highest BCUT2D eigenvalue weighted by Gasteiger charge is 2.67. The molecule has 2 fully saturated rings. The lowest BCUT2D eigenvalue weighted by molar-refractivity contribution is -0.146. The molecule has 1 aliphatic heterocycles. The molecule has 1 saturated carbocycles. The molecule has 0 aromatic carbocycles. The second kappa shape index (κ2) is 4.97. The van der Waals surface area contributed by atoms with E-state index in [4.69, 9.17) is 0 Å². The van der Waals surface area contributed by atoms with Crippen molar-refractivity contribution in [2.75, 3.05) is 6.54 Å². The van der Waals surface area contributed by atoms with Gasteiger partial charge in [0.2, 0.25) is 5.91 Å². The molecule has 1 amide bonds. The van der Waals surface area contributed by atoms with Gasteiger partial charge in [-0.25, -0.2) is 0 Å². The van der Waals surface area contributed by atoms with Crippen molar-refractivity contribution < 1.29 is 9.90 Å². The summed E-state index contributed by atoms with van der Waals surface area (Å²) < 4.78 is 0. The predicted octanol–water partition coefficient (Wildman–Crippen LogP) is 2.33. The number of aliphatic hydroxyl groups is 1. The van der Waals surface area contributed by atoms with Crippen molar-refractivity contribution in [1.82, 2.24) is 4.90 Å². The second-order valence-corrected chi connectivity index (χ2v) is 5.74. The summed E-state index contributed by atoms with van der Waals surface area (Å²) in [4.78, 5) is 14.1. The van der Waals surface area contributed by atoms with E-state index >= 15 is 0 Å². The minimum Gasteiger partial charge on any atom is -0.386 e. The fourth-order valence-electron chi connectivity index (χ4n) is 2.92. The van der Waals surface area contributed by atoms with Crippen molar-refractivity contribution in [2.45, 2.75) is 70.4 Å². The third-order valence-corrected chi connectivity index (χ3v) is 4.36. The molecule has 0 aromatic rings. The first kappa shape index (κ1) is 12.9. The van der Waals surface area contributed by atoms with E-state index in [9.17, 15) is 9.90 Å². The summed E-state index contributed by atoms with van der Waals surface area (Å²) >= 11 is 0. The molecule has 0 spiro atoms. The molecule has 0 radical (unpaired) electrons. The van der Waals surface area contributed by atoms with E-state index in [1.807, 2.05) is 4.90 Å². The Morgan fingerprint density at radius 1 is 1.41 bits per heavy atom. The molecule has 98 valence electrons. The summed E-state index contributed by atoms with van der Waals surface area (Å²) in [5.74, 6) is 0.480. The number of unbranched alkanes of at least 4 members (excludes halogenated alkanes) is 3. The molecule has 0 aromatic heterocycles. The Kier molecular flexibility index (Phi) is 3.76. The second-order valence-electron chi connectivity index (χ2n) is 5.74. The van der Waals surface area contributed by atoms with Gasteiger partial charge >= 0.3 is 0 Å². The van der Waals surface area contributed by atoms with Crippen LogP contribution < -0.4 is 0 Å². The van der Waals surface area contributed by atoms with Gasteiger partial charge in [0.25, 0.3) is 0 Å². The maximum absolute atomic E-state index is 12.2. The number of hydrogen-bond donors (Lipinski definition) is 1. The van der Waals surface area contributed by atoms with E-state index in [-0.39, 0.29) is 17.9 Å². The van der Waals surface area contributed by atoms with E-state index in [1.54, 1.807) is 0 Å². The van der Waals surface area contributed by atoms with E-state index in [0.717, 1.165) is 19.3 Å². The van der Waals surface area contributed by atoms with Crippen molar-refractivity contribution in [3.8, 4) is 0 Å². The molecular weight excluding hydrogens is 214 g/mol. The molecule has 1 heterocycles. The number of hydrogen-bond acceptors (Lipinski definition) is 2. The third-order valence-electron chi connectivity index (χ3n) is 4.36. The van der Waals surface area contributed by atoms with Gasteiger partial charge in [0.05, 0.1) is 12.6 Å². The minimum absolute atomic E-state index is 0.166. The van der Waals surface area contributed by atoms with Crippen LogP contribution >= 0.6 is 0 Å². The Morgan fingerprint density at radius 3 is 2.65 bits per heavy atom. The van der Waals surface area contributed by atoms with Gasteiger partial charge in [-0.15, -0.1) is 0 Å². The maximum Gasteiger partial charge on any atom is 0.226 e. The maximum atomic E-state index is 12.2. The number of β-amino-alcohol motifs (C(OH)–C–C–N with tert-alkyl or cyclic N) is 1. The largest absolute Gasteiger partial charge is 0.386 e. The monoisotopic (exact) mass is 239 g/mol. The molecule has 3 nitrogen and oxygen atoms in total. The average Bonchev–Trinajstić information content (AvgIpc) is 2.83. The average molecular weight is 239 g/mol. The topological polar surface area (TPSA) is 40.5 Å². The van der Waals surface area contributed by atoms with E-state index in [1.165, 1.54) is 25.7 Å². The molecule has 1 saturated heterocycles. The first-order chi connectivity index (χ1) is 8.12. The van der Waals surface area contributed by atoms with Crippen LogP contribution in [-0.2, 0) is 4.79 Å². The Morgan fingerprint density at radius 2 is 2.18 bits per heavy atom. The van der Waals surface area contributed by atoms with Crippen LogP contribution in [0.3, 0.4) is 0 Å². The van der Waals surface area contributed by atoms with Gasteiger partial charge in [0.15, 0.2) is 0 Å². The zero-order valence-electron chi connectivity index (χ0n) is 11.1. The highest BCUT2D eigenvalue weighted by molar-refractivity contribution is 5.81. The normalized spacial score (nSPS) is 31.7. The lowest BCUT2D eigenvalue weighted by atomic mass is 9.95. The van der Waals surface area contributed by atoms with Gasteiger partial charge in [-0.3, -0.25) is 4.79 Å². The van der Waals surface area contributed by atoms with Gasteiger partial charge in [-0.05, 0) is 12.8 Å². The summed E-state index contributed by atoms with van der Waals surface area (Å²) in [6.07, 6.45) is 7.70. The van der Waals surface area contributed by atoms with Crippen LogP contribution in [0.25, 0.3) is 0 Å². The van der Waals surface area contributed by atoms with Crippen molar-refractivity contribution in [2.24, 2.45) is 5.92 Å². The van der Waals surface area contributed by atoms with Crippen LogP contribution in [0.15, 0.2) is 0 Å². The quantitative estimate of drug-likeness (QED) is 0.693. The van der Waals surface area contributed by atoms with E-state index < -0.39 is 5.60 Å². The number of amides is 1. The number of carbonyl (C=O) groups is 1. The number of rotatable bonds is 7. The van der Waals surface area contributed by atoms with Gasteiger partial charge in [0.1, 0.15) is 5.60 Å². The number of carbonyl (C=O) groups excluding carboxylic acids is 1. The van der Waals surface area contributed by atoms with Crippen molar-refractivity contribution >= 4 is 5.91 Å². The van der Waals surface area contributed by atoms with Crippen molar-refractivity contribution in [1.29, 1.82) is 0 Å². The molecule has 1 N–H and O–H groups in total. The van der Waals surface area contributed by atoms with Gasteiger partial charge in [-0.2, -0.15) is 0 Å². The lowest BCUT2D eigenvalue weighted by Gasteiger charge is -2.37. The summed E-state index contributed by atoms with van der Waals surface area (Å²) in [7, 11) is 0. The van der Waals surface area contributed by atoms with Crippen LogP contribution in [0.1, 0.15) is 58.8 Å². The molecule has 3 atom stereocenters. The number of likely N-dealkylation sites (tertiary alicyclic amines) is 1. The van der Waals surface area contributed by atoms with Crippen LogP contribution in [0.4, 0.5) is 0 Å². The first-order valence-corrected chi connectivity index (χ1v) is 7.15. The molecule has 3 heteroatoms. The number of nitrogens with zero attached hydrogens (tertiary/aromatic N) is 1. The summed E-state index contributed by atoms with van der Waals surface area (Å²) in [6, 6.07) is 0.166. The van der Waals surface area contributed by atoms with Gasteiger partial charge < -0.3 is 10.0 Å². The minimum atomic E-state index is -0.476. The summed E-state index contributed by atoms with van der Waals surface area (Å²) in [5.41, 5.74) is -0.476. The SMILES string of the molecule is CCCCCCC(CC)C(=O)N1CC2(O)CC12. The first-order valence-electron chi connectivity index (χ1n) is 7.15. The fraction of sp³-hybridized carbons (Fsp3) is 0.929. The van der Waals surface area contributed by atoms with Crippen LogP contribution in [0.2, 0.25) is 0 Å². The van der Waals surface area contributed by atoms with Gasteiger partial charge in [0, 0.05) is 12.3 Å². The van der Waals surface area contributed by atoms with Crippen LogP contribution in [0, 0.1) is 5.92 Å². The van der Waals surface area contributed by atoms with E-state index in [2.05, 4.69) is 13.8 Å². The lowest BCUT2D eigenvalue weighted by Crippen LogP contribution is -2.55. The molecule has 17 heavy (non-hydrogen) atoms. The molecule has 2 aliphatic rings. The predicted molar refractivity (Wildman–Crippen MR) is 67.6 cm³/mol. The van der Waals surface area contributed by atoms with Crippen LogP contribution in [-0.4, -0.2) is 34.1 Å². The molecular formula is C14H25NO2. The Hall–Kier alpha value is -0.570. The standard InChI is InChI=1S/C14H25NO2/c1-3-5-6-7-8-11(4-2)13(16)15-10-14(17)9-12(14)15/h11-12,17H,3-10H2,1-2H3. The fourth-order valence-corrected chi connectivity index (χ4v) is 2.92. The molecule has 2 rings (SSSR count). The van der Waals surface area contributed by atoms with Crippen molar-refractivity contribution in [3.05, 3.63) is 0 Å². The smallest absolute Gasteiger partial charge is 0.226 e. The Labute approximate surface area is 104 Å². The third kappa shape index (κ3) is 2.49. The summed E-state index contributed by atoms with van der Waals surface area (Å²) in [5, 5.41) is 9.71. The highest BCUT2D eigenvalue weighted by Crippen LogP contribution is 2.51. The highest BCUT2D eigenvalue weighted by atomic mass is 16.3. The van der Waals surface area contributed by atoms with Gasteiger partial charge in [-0.1, -0.05) is 39.5 Å². The molecule has 0 bridgehead atoms. The summed E-state index contributed by atoms with van der Waals surface area (Å²) in [6.45, 7) is 4.89. The molecule has 3 unspecified atom stereocenters. The van der Waals surface area contributed by atoms with E-state index in [0.29, 0.717) is 6.54 Å². The zero-order valence-corrected chi connectivity index (χ0v) is 11.1. The number of fused-ring (bicyclic) bond motifs is 1. The molecule has 1 aliphatic carbocycles.